The molecule has 1 fully saturated rings. The number of hydrogen-bond acceptors (Lipinski definition) is 6. The number of ketones is 1. The number of carbonyl (C=O) groups excluding carboxylic acids is 5. The van der Waals surface area contributed by atoms with Crippen LogP contribution >= 0.6 is 0 Å². The van der Waals surface area contributed by atoms with E-state index in [9.17, 15) is 33.9 Å². The summed E-state index contributed by atoms with van der Waals surface area (Å²) in [5.74, 6) is -3.31. The number of nitrogens with one attached hydrogen (secondary N) is 3. The number of rotatable bonds is 12. The highest BCUT2D eigenvalue weighted by Gasteiger charge is 2.34. The lowest BCUT2D eigenvalue weighted by molar-refractivity contribution is -0.145. The quantitative estimate of drug-likeness (QED) is 0.309. The zero-order chi connectivity index (χ0) is 26.2. The van der Waals surface area contributed by atoms with Crippen molar-refractivity contribution in [2.45, 2.75) is 90.9 Å². The van der Waals surface area contributed by atoms with Crippen LogP contribution in [0.1, 0.15) is 66.7 Å². The summed E-state index contributed by atoms with van der Waals surface area (Å²) in [6.07, 6.45) is 0.465. The van der Waals surface area contributed by atoms with Crippen molar-refractivity contribution >= 4 is 35.4 Å². The van der Waals surface area contributed by atoms with Crippen molar-refractivity contribution in [3.05, 3.63) is 0 Å². The predicted molar refractivity (Wildman–Crippen MR) is 123 cm³/mol. The minimum absolute atomic E-state index is 0.0307. The third-order valence-corrected chi connectivity index (χ3v) is 5.63. The van der Waals surface area contributed by atoms with Gasteiger partial charge in [0, 0.05) is 19.9 Å². The van der Waals surface area contributed by atoms with Crippen molar-refractivity contribution in [2.24, 2.45) is 11.8 Å². The van der Waals surface area contributed by atoms with Crippen LogP contribution in [0.15, 0.2) is 0 Å². The van der Waals surface area contributed by atoms with Gasteiger partial charge in [-0.1, -0.05) is 27.7 Å². The van der Waals surface area contributed by atoms with Crippen LogP contribution in [0.5, 0.6) is 0 Å². The zero-order valence-corrected chi connectivity index (χ0v) is 20.8. The summed E-state index contributed by atoms with van der Waals surface area (Å²) >= 11 is 0. The van der Waals surface area contributed by atoms with Crippen LogP contribution in [0.4, 0.5) is 0 Å². The Balaban J connectivity index is 2.79. The van der Waals surface area contributed by atoms with E-state index in [1.807, 2.05) is 27.7 Å². The summed E-state index contributed by atoms with van der Waals surface area (Å²) in [6, 6.07) is -3.95. The summed E-state index contributed by atoms with van der Waals surface area (Å²) in [5, 5.41) is 16.9. The molecule has 0 aromatic carbocycles. The Hall–Kier alpha value is -2.98. The SMILES string of the molecule is CC(C)C[C@H](NC(=O)[C@H](C)NC(=O)[C@H](CC(C)C)NC(=O)CC1C(=O)CCC(=O)N1C)C(=O)O. The molecule has 1 heterocycles. The van der Waals surface area contributed by atoms with E-state index >= 15 is 0 Å². The molecule has 4 atom stereocenters. The van der Waals surface area contributed by atoms with Crippen molar-refractivity contribution in [1.29, 1.82) is 0 Å². The van der Waals surface area contributed by atoms with E-state index < -0.39 is 47.9 Å². The van der Waals surface area contributed by atoms with E-state index in [1.54, 1.807) is 0 Å². The van der Waals surface area contributed by atoms with E-state index in [1.165, 1.54) is 18.9 Å². The van der Waals surface area contributed by atoms with Crippen LogP contribution in [0.25, 0.3) is 0 Å². The molecule has 4 amide bonds. The van der Waals surface area contributed by atoms with Crippen molar-refractivity contribution in [1.82, 2.24) is 20.9 Å². The van der Waals surface area contributed by atoms with Gasteiger partial charge < -0.3 is 26.0 Å². The molecule has 4 N–H and O–H groups in total. The number of amides is 4. The molecule has 0 spiro atoms. The maximum Gasteiger partial charge on any atom is 0.326 e. The highest BCUT2D eigenvalue weighted by molar-refractivity contribution is 5.98. The molecule has 0 radical (unpaired) electrons. The molecule has 0 saturated carbocycles. The fourth-order valence-electron chi connectivity index (χ4n) is 3.71. The normalized spacial score (nSPS) is 18.9. The molecule has 34 heavy (non-hydrogen) atoms. The van der Waals surface area contributed by atoms with Gasteiger partial charge in [0.2, 0.25) is 23.6 Å². The Morgan fingerprint density at radius 1 is 0.882 bits per heavy atom. The average Bonchev–Trinajstić information content (AvgIpc) is 2.72. The number of Topliss-reactive ketones (excluding diaryl/α,β-unsaturated/α-hetero) is 1. The molecule has 0 aromatic rings. The molecule has 0 bridgehead atoms. The lowest BCUT2D eigenvalue weighted by Gasteiger charge is -2.31. The first-order valence-corrected chi connectivity index (χ1v) is 11.6. The van der Waals surface area contributed by atoms with Gasteiger partial charge in [-0.25, -0.2) is 4.79 Å². The highest BCUT2D eigenvalue weighted by atomic mass is 16.4. The maximum atomic E-state index is 12.8. The number of nitrogens with zero attached hydrogens (tertiary/aromatic N) is 1. The predicted octanol–water partition coefficient (Wildman–Crippen LogP) is 0.218. The minimum Gasteiger partial charge on any atom is -0.480 e. The molecule has 11 heteroatoms. The van der Waals surface area contributed by atoms with E-state index in [0.29, 0.717) is 0 Å². The number of hydrogen-bond donors (Lipinski definition) is 4. The Labute approximate surface area is 200 Å². The first-order valence-electron chi connectivity index (χ1n) is 11.6. The number of piperidine rings is 1. The smallest absolute Gasteiger partial charge is 0.326 e. The molecular formula is C23H38N4O7. The molecule has 1 unspecified atom stereocenters. The summed E-state index contributed by atoms with van der Waals surface area (Å²) in [7, 11) is 1.47. The Kier molecular flexibility index (Phi) is 11.1. The number of carboxylic acid groups (broad SMARTS) is 1. The largest absolute Gasteiger partial charge is 0.480 e. The third kappa shape index (κ3) is 9.11. The molecule has 192 valence electrons. The molecule has 11 nitrogen and oxygen atoms in total. The van der Waals surface area contributed by atoms with Gasteiger partial charge in [-0.3, -0.25) is 24.0 Å². The Morgan fingerprint density at radius 3 is 1.97 bits per heavy atom. The topological polar surface area (TPSA) is 162 Å². The molecule has 1 aliphatic heterocycles. The molecule has 1 aliphatic rings. The number of carbonyl (C=O) groups is 6. The summed E-state index contributed by atoms with van der Waals surface area (Å²) in [5.41, 5.74) is 0. The first-order chi connectivity index (χ1) is 15.7. The van der Waals surface area contributed by atoms with Gasteiger partial charge in [0.1, 0.15) is 18.1 Å². The van der Waals surface area contributed by atoms with Gasteiger partial charge in [0.25, 0.3) is 0 Å². The minimum atomic E-state index is -1.16. The molecular weight excluding hydrogens is 444 g/mol. The number of likely N-dealkylation sites (tertiary alicyclic amines) is 1. The van der Waals surface area contributed by atoms with Crippen molar-refractivity contribution in [3.63, 3.8) is 0 Å². The van der Waals surface area contributed by atoms with Gasteiger partial charge in [0.05, 0.1) is 12.5 Å². The van der Waals surface area contributed by atoms with Gasteiger partial charge in [0.15, 0.2) is 5.78 Å². The third-order valence-electron chi connectivity index (χ3n) is 5.63. The molecule has 0 aliphatic carbocycles. The van der Waals surface area contributed by atoms with Crippen LogP contribution in [-0.4, -0.2) is 76.6 Å². The van der Waals surface area contributed by atoms with Crippen molar-refractivity contribution in [2.75, 3.05) is 7.05 Å². The first kappa shape index (κ1) is 29.1. The summed E-state index contributed by atoms with van der Waals surface area (Å²) in [4.78, 5) is 74.6. The fourth-order valence-corrected chi connectivity index (χ4v) is 3.71. The summed E-state index contributed by atoms with van der Waals surface area (Å²) in [6.45, 7) is 8.82. The van der Waals surface area contributed by atoms with E-state index in [2.05, 4.69) is 16.0 Å². The average molecular weight is 483 g/mol. The van der Waals surface area contributed by atoms with Crippen LogP contribution in [0.2, 0.25) is 0 Å². The number of likely N-dealkylation sites (N-methyl/N-ethyl adjacent to an activating group) is 1. The monoisotopic (exact) mass is 482 g/mol. The number of carboxylic acids is 1. The van der Waals surface area contributed by atoms with E-state index in [-0.39, 0.29) is 55.6 Å². The van der Waals surface area contributed by atoms with Gasteiger partial charge >= 0.3 is 5.97 Å². The zero-order valence-electron chi connectivity index (χ0n) is 20.8. The van der Waals surface area contributed by atoms with E-state index in [4.69, 9.17) is 0 Å². The lowest BCUT2D eigenvalue weighted by Crippen LogP contribution is -2.56. The standard InChI is InChI=1S/C23H38N4O7/c1-12(2)9-15(25-19(29)11-17-18(28)7-8-20(30)27(17)6)22(32)24-14(5)21(31)26-16(23(33)34)10-13(3)4/h12-17H,7-11H2,1-6H3,(H,24,32)(H,25,29)(H,26,31)(H,33,34)/t14-,15-,16-,17?/m0/s1. The second-order valence-corrected chi connectivity index (χ2v) is 9.70. The van der Waals surface area contributed by atoms with Crippen molar-refractivity contribution in [3.8, 4) is 0 Å². The maximum absolute atomic E-state index is 12.8. The Morgan fingerprint density at radius 2 is 1.44 bits per heavy atom. The van der Waals surface area contributed by atoms with E-state index in [0.717, 1.165) is 0 Å². The molecule has 0 aromatic heterocycles. The van der Waals surface area contributed by atoms with Crippen LogP contribution < -0.4 is 16.0 Å². The fraction of sp³-hybridized carbons (Fsp3) is 0.739. The lowest BCUT2D eigenvalue weighted by atomic mass is 9.97. The number of aliphatic carboxylic acids is 1. The highest BCUT2D eigenvalue weighted by Crippen LogP contribution is 2.16. The second-order valence-electron chi connectivity index (χ2n) is 9.70. The van der Waals surface area contributed by atoms with Gasteiger partial charge in [-0.2, -0.15) is 0 Å². The summed E-state index contributed by atoms with van der Waals surface area (Å²) < 4.78 is 0. The van der Waals surface area contributed by atoms with Crippen LogP contribution in [0, 0.1) is 11.8 Å². The van der Waals surface area contributed by atoms with Gasteiger partial charge in [-0.05, 0) is 31.6 Å². The van der Waals surface area contributed by atoms with Crippen LogP contribution in [-0.2, 0) is 28.8 Å². The van der Waals surface area contributed by atoms with Crippen LogP contribution in [0.3, 0.4) is 0 Å². The second kappa shape index (κ2) is 13.0. The van der Waals surface area contributed by atoms with Gasteiger partial charge in [-0.15, -0.1) is 0 Å². The molecule has 1 saturated heterocycles. The Bertz CT molecular complexity index is 796. The van der Waals surface area contributed by atoms with Crippen molar-refractivity contribution < 1.29 is 33.9 Å². The molecule has 1 rings (SSSR count).